The third-order valence-electron chi connectivity index (χ3n) is 9.11. The van der Waals surface area contributed by atoms with E-state index in [0.29, 0.717) is 0 Å². The summed E-state index contributed by atoms with van der Waals surface area (Å²) in [6, 6.07) is 0. The normalized spacial score (nSPS) is 31.3. The topological polar surface area (TPSA) is 0 Å². The molecule has 0 spiro atoms. The zero-order valence-electron chi connectivity index (χ0n) is 20.2. The molecule has 5 aliphatic carbocycles. The first-order valence-corrected chi connectivity index (χ1v) is 21.3. The third kappa shape index (κ3) is 5.77. The van der Waals surface area contributed by atoms with E-state index >= 15 is 0 Å². The molecule has 5 rings (SSSR count). The van der Waals surface area contributed by atoms with E-state index < -0.39 is 28.9 Å². The Hall–Kier alpha value is 0.900. The molecule has 0 bridgehead atoms. The fourth-order valence-corrected chi connectivity index (χ4v) is 14.6. The van der Waals surface area contributed by atoms with Crippen molar-refractivity contribution in [2.24, 2.45) is 0 Å². The van der Waals surface area contributed by atoms with E-state index in [0.717, 1.165) is 16.6 Å². The molecule has 0 N–H and O–H groups in total. The number of halogens is 2. The Balaban J connectivity index is 0.000000648. The first-order chi connectivity index (χ1) is 14.2. The molecule has 0 nitrogen and oxygen atoms in total. The second-order valence-electron chi connectivity index (χ2n) is 10.3. The van der Waals surface area contributed by atoms with Crippen LogP contribution in [0.3, 0.4) is 0 Å². The molecule has 4 heteroatoms. The van der Waals surface area contributed by atoms with Crippen LogP contribution < -0.4 is 0 Å². The van der Waals surface area contributed by atoms with Gasteiger partial charge in [-0.25, -0.2) is 0 Å². The van der Waals surface area contributed by atoms with E-state index in [1.807, 2.05) is 22.3 Å². The molecule has 0 aromatic carbocycles. The molecule has 0 aromatic rings. The molecule has 0 aliphatic heterocycles. The van der Waals surface area contributed by atoms with Gasteiger partial charge in [0.2, 0.25) is 0 Å². The van der Waals surface area contributed by atoms with Crippen LogP contribution in [0, 0.1) is 14.9 Å². The van der Waals surface area contributed by atoms with E-state index in [1.54, 1.807) is 6.42 Å². The molecule has 0 heterocycles. The van der Waals surface area contributed by atoms with Crippen LogP contribution in [0.2, 0.25) is 23.2 Å². The van der Waals surface area contributed by atoms with E-state index in [2.05, 4.69) is 18.7 Å². The van der Waals surface area contributed by atoms with Crippen LogP contribution in [0.5, 0.6) is 0 Å². The number of rotatable bonds is 3. The Kier molecular flexibility index (Phi) is 11.9. The molecule has 174 valence electrons. The van der Waals surface area contributed by atoms with Crippen molar-refractivity contribution >= 4 is 25.1 Å². The van der Waals surface area contributed by atoms with Gasteiger partial charge in [0, 0.05) is 0 Å². The third-order valence-corrected chi connectivity index (χ3v) is 15.5. The zero-order chi connectivity index (χ0) is 20.3. The first kappa shape index (κ1) is 28.1. The van der Waals surface area contributed by atoms with Gasteiger partial charge in [-0.15, -0.1) is 0 Å². The average molecular weight is 559 g/mol. The Morgan fingerprint density at radius 2 is 1.32 bits per heavy atom. The molecule has 4 atom stereocenters. The van der Waals surface area contributed by atoms with Crippen molar-refractivity contribution in [3.8, 4) is 0 Å². The van der Waals surface area contributed by atoms with Gasteiger partial charge in [0.05, 0.1) is 8.07 Å². The van der Waals surface area contributed by atoms with Crippen LogP contribution in [0.15, 0.2) is 34.4 Å². The molecular formula is C27H44Cl2SiZr. The SMILES string of the molecule is C[Si@]([C@@H]1C=CCCC1)([C@@H]1CCCC2=C1CCC2)[C@H]1CCC2=C1CCCC2.[CH3-].[CH3-].[Cl][Zr+2][Cl]. The van der Waals surface area contributed by atoms with Crippen molar-refractivity contribution in [1.29, 1.82) is 0 Å². The van der Waals surface area contributed by atoms with Gasteiger partial charge in [0.15, 0.2) is 0 Å². The van der Waals surface area contributed by atoms with Crippen molar-refractivity contribution in [2.45, 2.75) is 119 Å². The monoisotopic (exact) mass is 556 g/mol. The molecule has 5 aliphatic rings. The molecule has 0 radical (unpaired) electrons. The maximum atomic E-state index is 4.93. The van der Waals surface area contributed by atoms with Crippen LogP contribution in [0.4, 0.5) is 0 Å². The average Bonchev–Trinajstić information content (AvgIpc) is 3.41. The van der Waals surface area contributed by atoms with Gasteiger partial charge in [-0.3, -0.25) is 0 Å². The van der Waals surface area contributed by atoms with Crippen LogP contribution in [-0.4, -0.2) is 8.07 Å². The molecule has 0 unspecified atom stereocenters. The van der Waals surface area contributed by atoms with Gasteiger partial charge < -0.3 is 14.9 Å². The van der Waals surface area contributed by atoms with Gasteiger partial charge in [-0.05, 0) is 113 Å². The van der Waals surface area contributed by atoms with Crippen LogP contribution >= 0.6 is 17.0 Å². The standard InChI is InChI=1S/C25H38Si.2CH3.2ClH.Zr/c1-26(21-12-3-2-4-13-21,24-16-8-11-19-10-7-15-23(19)24)25-18-17-20-9-5-6-14-22(20)25;;;;;/h3,12,21,24-25H,2,4-11,13-18H2,1H3;2*1H3;2*1H;/q;2*-1;;;+4/p-2/t21-,24-,25+,26+;;;;;/m1...../s1. The molecule has 0 fully saturated rings. The number of allylic oxidation sites excluding steroid dienone is 6. The summed E-state index contributed by atoms with van der Waals surface area (Å²) in [4.78, 5) is 0. The summed E-state index contributed by atoms with van der Waals surface area (Å²) in [6.45, 7) is 2.90. The van der Waals surface area contributed by atoms with Gasteiger partial charge >= 0.3 is 37.9 Å². The summed E-state index contributed by atoms with van der Waals surface area (Å²) in [5.74, 6) is 0. The second-order valence-corrected chi connectivity index (χ2v) is 18.9. The summed E-state index contributed by atoms with van der Waals surface area (Å²) in [6.07, 6.45) is 27.4. The minimum atomic E-state index is -1.41. The summed E-state index contributed by atoms with van der Waals surface area (Å²) >= 11 is -0.826. The van der Waals surface area contributed by atoms with E-state index in [4.69, 9.17) is 17.0 Å². The van der Waals surface area contributed by atoms with E-state index in [-0.39, 0.29) is 14.9 Å². The van der Waals surface area contributed by atoms with Crippen LogP contribution in [-0.2, 0) is 20.8 Å². The quantitative estimate of drug-likeness (QED) is 0.184. The Labute approximate surface area is 213 Å². The zero-order valence-corrected chi connectivity index (χ0v) is 25.2. The molecule has 0 aromatic heterocycles. The van der Waals surface area contributed by atoms with Gasteiger partial charge in [0.25, 0.3) is 0 Å². The fourth-order valence-electron chi connectivity index (χ4n) is 7.88. The fraction of sp³-hybridized carbons (Fsp3) is 0.704. The van der Waals surface area contributed by atoms with Crippen molar-refractivity contribution in [2.75, 3.05) is 0 Å². The molecule has 0 saturated carbocycles. The number of hydrogen-bond acceptors (Lipinski definition) is 0. The maximum absolute atomic E-state index is 4.93. The van der Waals surface area contributed by atoms with Gasteiger partial charge in [-0.1, -0.05) is 41.0 Å². The number of hydrogen-bond donors (Lipinski definition) is 0. The summed E-state index contributed by atoms with van der Waals surface area (Å²) in [7, 11) is 8.46. The minimum absolute atomic E-state index is 0. The van der Waals surface area contributed by atoms with Crippen molar-refractivity contribution < 1.29 is 20.8 Å². The first-order valence-electron chi connectivity index (χ1n) is 12.2. The molecule has 0 saturated heterocycles. The molecule has 31 heavy (non-hydrogen) atoms. The van der Waals surface area contributed by atoms with Gasteiger partial charge in [0.1, 0.15) is 0 Å². The Bertz CT molecular complexity index is 683. The van der Waals surface area contributed by atoms with Crippen molar-refractivity contribution in [1.82, 2.24) is 0 Å². The Morgan fingerprint density at radius 1 is 0.742 bits per heavy atom. The summed E-state index contributed by atoms with van der Waals surface area (Å²) < 4.78 is 0. The van der Waals surface area contributed by atoms with Gasteiger partial charge in [-0.2, -0.15) is 0 Å². The van der Waals surface area contributed by atoms with E-state index in [1.165, 1.54) is 89.9 Å². The Morgan fingerprint density at radius 3 is 2.03 bits per heavy atom. The second kappa shape index (κ2) is 13.1. The molecular weight excluding hydrogens is 515 g/mol. The van der Waals surface area contributed by atoms with Crippen LogP contribution in [0.25, 0.3) is 0 Å². The predicted octanol–water partition coefficient (Wildman–Crippen LogP) is 10.5. The molecule has 0 amide bonds. The van der Waals surface area contributed by atoms with Crippen molar-refractivity contribution in [3.05, 3.63) is 49.3 Å². The van der Waals surface area contributed by atoms with Crippen LogP contribution in [0.1, 0.15) is 96.3 Å². The van der Waals surface area contributed by atoms with E-state index in [9.17, 15) is 0 Å². The van der Waals surface area contributed by atoms with Crippen molar-refractivity contribution in [3.63, 3.8) is 0 Å². The predicted molar refractivity (Wildman–Crippen MR) is 140 cm³/mol. The summed E-state index contributed by atoms with van der Waals surface area (Å²) in [5, 5.41) is 0. The summed E-state index contributed by atoms with van der Waals surface area (Å²) in [5.41, 5.74) is 11.0.